The lowest BCUT2D eigenvalue weighted by Crippen LogP contribution is -2.48. The highest BCUT2D eigenvalue weighted by Gasteiger charge is 2.17. The van der Waals surface area contributed by atoms with Gasteiger partial charge in [0, 0.05) is 36.8 Å². The van der Waals surface area contributed by atoms with E-state index in [1.165, 1.54) is 0 Å². The summed E-state index contributed by atoms with van der Waals surface area (Å²) in [5.41, 5.74) is 2.58. The summed E-state index contributed by atoms with van der Waals surface area (Å²) < 4.78 is 5.70. The molecule has 0 unspecified atom stereocenters. The Balaban J connectivity index is 1.55. The SMILES string of the molecule is Cc1ccc(OCc2cccc(C(=O)NCC3CNC3)c2)cn1. The van der Waals surface area contributed by atoms with E-state index in [1.807, 2.05) is 43.3 Å². The van der Waals surface area contributed by atoms with Crippen LogP contribution in [0, 0.1) is 12.8 Å². The molecule has 0 atom stereocenters. The molecular formula is C18H21N3O2. The number of aryl methyl sites for hydroxylation is 1. The maximum absolute atomic E-state index is 12.2. The molecule has 1 fully saturated rings. The molecule has 1 amide bonds. The fraction of sp³-hybridized carbons (Fsp3) is 0.333. The minimum Gasteiger partial charge on any atom is -0.487 e. The molecule has 5 heteroatoms. The van der Waals surface area contributed by atoms with E-state index in [1.54, 1.807) is 6.20 Å². The zero-order valence-electron chi connectivity index (χ0n) is 13.2. The third-order valence-corrected chi connectivity index (χ3v) is 3.90. The van der Waals surface area contributed by atoms with Crippen molar-refractivity contribution in [1.29, 1.82) is 0 Å². The van der Waals surface area contributed by atoms with Crippen LogP contribution in [-0.4, -0.2) is 30.5 Å². The molecule has 5 nitrogen and oxygen atoms in total. The molecule has 0 bridgehead atoms. The quantitative estimate of drug-likeness (QED) is 0.855. The largest absolute Gasteiger partial charge is 0.487 e. The van der Waals surface area contributed by atoms with Crippen LogP contribution >= 0.6 is 0 Å². The first-order valence-electron chi connectivity index (χ1n) is 7.84. The van der Waals surface area contributed by atoms with Gasteiger partial charge in [-0.05, 0) is 36.8 Å². The van der Waals surface area contributed by atoms with E-state index >= 15 is 0 Å². The third-order valence-electron chi connectivity index (χ3n) is 3.90. The van der Waals surface area contributed by atoms with Crippen molar-refractivity contribution in [3.8, 4) is 5.75 Å². The number of amides is 1. The summed E-state index contributed by atoms with van der Waals surface area (Å²) in [6, 6.07) is 11.3. The molecule has 2 N–H and O–H groups in total. The molecule has 0 aliphatic carbocycles. The van der Waals surface area contributed by atoms with Gasteiger partial charge in [0.25, 0.3) is 5.91 Å². The van der Waals surface area contributed by atoms with Crippen molar-refractivity contribution < 1.29 is 9.53 Å². The highest BCUT2D eigenvalue weighted by atomic mass is 16.5. The zero-order valence-corrected chi connectivity index (χ0v) is 13.2. The lowest BCUT2D eigenvalue weighted by Gasteiger charge is -2.27. The maximum Gasteiger partial charge on any atom is 0.251 e. The van der Waals surface area contributed by atoms with Crippen LogP contribution in [0.1, 0.15) is 21.6 Å². The first-order chi connectivity index (χ1) is 11.2. The van der Waals surface area contributed by atoms with Crippen molar-refractivity contribution in [3.63, 3.8) is 0 Å². The summed E-state index contributed by atoms with van der Waals surface area (Å²) in [5.74, 6) is 1.25. The average molecular weight is 311 g/mol. The molecule has 0 spiro atoms. The van der Waals surface area contributed by atoms with E-state index in [2.05, 4.69) is 15.6 Å². The predicted octanol–water partition coefficient (Wildman–Crippen LogP) is 1.92. The van der Waals surface area contributed by atoms with Gasteiger partial charge >= 0.3 is 0 Å². The Morgan fingerprint density at radius 3 is 2.91 bits per heavy atom. The first-order valence-corrected chi connectivity index (χ1v) is 7.84. The third kappa shape index (κ3) is 4.29. The fourth-order valence-corrected chi connectivity index (χ4v) is 2.34. The minimum absolute atomic E-state index is 0.0317. The van der Waals surface area contributed by atoms with Crippen molar-refractivity contribution in [3.05, 3.63) is 59.4 Å². The molecule has 1 saturated heterocycles. The second kappa shape index (κ2) is 7.24. The van der Waals surface area contributed by atoms with E-state index in [-0.39, 0.29) is 5.91 Å². The lowest BCUT2D eigenvalue weighted by atomic mass is 10.0. The van der Waals surface area contributed by atoms with E-state index in [4.69, 9.17) is 4.74 Å². The van der Waals surface area contributed by atoms with Crippen LogP contribution in [0.15, 0.2) is 42.6 Å². The van der Waals surface area contributed by atoms with Gasteiger partial charge in [0.2, 0.25) is 0 Å². The molecule has 3 rings (SSSR count). The highest BCUT2D eigenvalue weighted by Crippen LogP contribution is 2.13. The van der Waals surface area contributed by atoms with Crippen molar-refractivity contribution in [2.45, 2.75) is 13.5 Å². The molecule has 120 valence electrons. The first kappa shape index (κ1) is 15.5. The van der Waals surface area contributed by atoms with Crippen LogP contribution in [0.25, 0.3) is 0 Å². The van der Waals surface area contributed by atoms with Gasteiger partial charge in [0.1, 0.15) is 12.4 Å². The number of hydrogen-bond donors (Lipinski definition) is 2. The summed E-state index contributed by atoms with van der Waals surface area (Å²) in [5, 5.41) is 6.18. The molecule has 1 aliphatic rings. The van der Waals surface area contributed by atoms with E-state index in [0.29, 0.717) is 18.1 Å². The number of ether oxygens (including phenoxy) is 1. The zero-order chi connectivity index (χ0) is 16.1. The average Bonchev–Trinajstić information content (AvgIpc) is 2.53. The van der Waals surface area contributed by atoms with Gasteiger partial charge in [-0.2, -0.15) is 0 Å². The maximum atomic E-state index is 12.2. The molecule has 1 aromatic heterocycles. The highest BCUT2D eigenvalue weighted by molar-refractivity contribution is 5.94. The smallest absolute Gasteiger partial charge is 0.251 e. The molecule has 0 saturated carbocycles. The fourth-order valence-electron chi connectivity index (χ4n) is 2.34. The van der Waals surface area contributed by atoms with Crippen molar-refractivity contribution >= 4 is 5.91 Å². The van der Waals surface area contributed by atoms with Gasteiger partial charge in [-0.1, -0.05) is 12.1 Å². The number of rotatable bonds is 6. The Hall–Kier alpha value is -2.40. The predicted molar refractivity (Wildman–Crippen MR) is 88.4 cm³/mol. The van der Waals surface area contributed by atoms with E-state index < -0.39 is 0 Å². The number of hydrogen-bond acceptors (Lipinski definition) is 4. The molecule has 2 heterocycles. The summed E-state index contributed by atoms with van der Waals surface area (Å²) in [6.07, 6.45) is 1.71. The van der Waals surface area contributed by atoms with Crippen molar-refractivity contribution in [2.24, 2.45) is 5.92 Å². The summed E-state index contributed by atoms with van der Waals surface area (Å²) in [4.78, 5) is 16.4. The second-order valence-electron chi connectivity index (χ2n) is 5.86. The Kier molecular flexibility index (Phi) is 4.88. The minimum atomic E-state index is -0.0317. The molecule has 23 heavy (non-hydrogen) atoms. The molecular weight excluding hydrogens is 290 g/mol. The van der Waals surface area contributed by atoms with Gasteiger partial charge in [-0.3, -0.25) is 9.78 Å². The number of aromatic nitrogens is 1. The van der Waals surface area contributed by atoms with Crippen molar-refractivity contribution in [2.75, 3.05) is 19.6 Å². The van der Waals surface area contributed by atoms with Crippen LogP contribution in [0.2, 0.25) is 0 Å². The Morgan fingerprint density at radius 1 is 1.35 bits per heavy atom. The Bertz CT molecular complexity index is 666. The standard InChI is InChI=1S/C18H21N3O2/c1-13-5-6-17(11-20-13)23-12-14-3-2-4-16(7-14)18(22)21-10-15-8-19-9-15/h2-7,11,15,19H,8-10,12H2,1H3,(H,21,22). The van der Waals surface area contributed by atoms with Gasteiger partial charge in [-0.15, -0.1) is 0 Å². The molecule has 2 aromatic rings. The second-order valence-corrected chi connectivity index (χ2v) is 5.86. The Labute approximate surface area is 136 Å². The van der Waals surface area contributed by atoms with Gasteiger partial charge in [0.15, 0.2) is 0 Å². The number of pyridine rings is 1. The van der Waals surface area contributed by atoms with Crippen LogP contribution in [0.5, 0.6) is 5.75 Å². The molecule has 1 aliphatic heterocycles. The van der Waals surface area contributed by atoms with Crippen LogP contribution in [0.3, 0.4) is 0 Å². The topological polar surface area (TPSA) is 63.2 Å². The monoisotopic (exact) mass is 311 g/mol. The number of carbonyl (C=O) groups excluding carboxylic acids is 1. The van der Waals surface area contributed by atoms with Crippen molar-refractivity contribution in [1.82, 2.24) is 15.6 Å². The Morgan fingerprint density at radius 2 is 2.22 bits per heavy atom. The lowest BCUT2D eigenvalue weighted by molar-refractivity contribution is 0.0942. The summed E-state index contributed by atoms with van der Waals surface area (Å²) >= 11 is 0. The van der Waals surface area contributed by atoms with Crippen LogP contribution in [0.4, 0.5) is 0 Å². The number of nitrogens with one attached hydrogen (secondary N) is 2. The van der Waals surface area contributed by atoms with Gasteiger partial charge in [-0.25, -0.2) is 0 Å². The van der Waals surface area contributed by atoms with Crippen LogP contribution < -0.4 is 15.4 Å². The normalized spacial score (nSPS) is 14.1. The number of benzene rings is 1. The van der Waals surface area contributed by atoms with Crippen LogP contribution in [-0.2, 0) is 6.61 Å². The summed E-state index contributed by atoms with van der Waals surface area (Å²) in [6.45, 7) is 5.04. The van der Waals surface area contributed by atoms with E-state index in [0.717, 1.165) is 36.6 Å². The molecule has 1 aromatic carbocycles. The van der Waals surface area contributed by atoms with Gasteiger partial charge < -0.3 is 15.4 Å². The molecule has 0 radical (unpaired) electrons. The van der Waals surface area contributed by atoms with Gasteiger partial charge in [0.05, 0.1) is 6.20 Å². The number of nitrogens with zero attached hydrogens (tertiary/aromatic N) is 1. The van der Waals surface area contributed by atoms with E-state index in [9.17, 15) is 4.79 Å². The number of carbonyl (C=O) groups is 1. The summed E-state index contributed by atoms with van der Waals surface area (Å²) in [7, 11) is 0.